The summed E-state index contributed by atoms with van der Waals surface area (Å²) in [6, 6.07) is 0. The lowest BCUT2D eigenvalue weighted by Crippen LogP contribution is -2.45. The number of carbonyl (C=O) groups is 1. The maximum Gasteiger partial charge on any atom is 0.127 e. The Morgan fingerprint density at radius 1 is 1.11 bits per heavy atom. The molecule has 0 amide bonds. The molecule has 2 fully saturated rings. The van der Waals surface area contributed by atoms with E-state index >= 15 is 0 Å². The Bertz CT molecular complexity index is 273. The van der Waals surface area contributed by atoms with E-state index in [0.29, 0.717) is 5.41 Å². The van der Waals surface area contributed by atoms with Gasteiger partial charge in [0, 0.05) is 12.0 Å². The minimum atomic E-state index is -0.128. The Morgan fingerprint density at radius 2 is 1.72 bits per heavy atom. The molecule has 2 aliphatic rings. The van der Waals surface area contributed by atoms with Crippen molar-refractivity contribution in [3.05, 3.63) is 0 Å². The lowest BCUT2D eigenvalue weighted by molar-refractivity contribution is -0.117. The lowest BCUT2D eigenvalue weighted by atomic mass is 9.68. The van der Waals surface area contributed by atoms with Gasteiger partial charge in [0.15, 0.2) is 0 Å². The fourth-order valence-corrected chi connectivity index (χ4v) is 3.73. The third kappa shape index (κ3) is 3.14. The number of rotatable bonds is 4. The quantitative estimate of drug-likeness (QED) is 0.711. The standard InChI is InChI=1S/C16H29NO/c1-3-15(2,14-18)13-17-11-9-16(10-12-17)7-5-4-6-8-16/h14H,3-13H2,1-2H3. The molecule has 1 saturated carbocycles. The molecule has 2 heteroatoms. The Labute approximate surface area is 112 Å². The lowest BCUT2D eigenvalue weighted by Gasteiger charge is -2.45. The predicted molar refractivity (Wildman–Crippen MR) is 75.7 cm³/mol. The van der Waals surface area contributed by atoms with Crippen molar-refractivity contribution < 1.29 is 4.79 Å². The zero-order chi connectivity index (χ0) is 13.1. The first-order valence-corrected chi connectivity index (χ1v) is 7.80. The zero-order valence-corrected chi connectivity index (χ0v) is 12.2. The topological polar surface area (TPSA) is 20.3 Å². The summed E-state index contributed by atoms with van der Waals surface area (Å²) in [6.45, 7) is 7.61. The molecule has 1 atom stereocenters. The van der Waals surface area contributed by atoms with E-state index < -0.39 is 0 Å². The molecule has 1 unspecified atom stereocenters. The van der Waals surface area contributed by atoms with Gasteiger partial charge in [0.25, 0.3) is 0 Å². The summed E-state index contributed by atoms with van der Waals surface area (Å²) in [5.74, 6) is 0. The van der Waals surface area contributed by atoms with Crippen molar-refractivity contribution in [1.29, 1.82) is 0 Å². The van der Waals surface area contributed by atoms with Gasteiger partial charge >= 0.3 is 0 Å². The van der Waals surface area contributed by atoms with Gasteiger partial charge < -0.3 is 9.69 Å². The van der Waals surface area contributed by atoms with Crippen molar-refractivity contribution in [2.24, 2.45) is 10.8 Å². The number of likely N-dealkylation sites (tertiary alicyclic amines) is 1. The van der Waals surface area contributed by atoms with E-state index in [2.05, 4.69) is 18.7 Å². The zero-order valence-electron chi connectivity index (χ0n) is 12.2. The highest BCUT2D eigenvalue weighted by Crippen LogP contribution is 2.44. The summed E-state index contributed by atoms with van der Waals surface area (Å²) in [5, 5.41) is 0. The molecule has 18 heavy (non-hydrogen) atoms. The number of aldehydes is 1. The average molecular weight is 251 g/mol. The van der Waals surface area contributed by atoms with E-state index in [1.165, 1.54) is 58.0 Å². The van der Waals surface area contributed by atoms with Crippen LogP contribution in [-0.2, 0) is 4.79 Å². The number of carbonyl (C=O) groups excluding carboxylic acids is 1. The van der Waals surface area contributed by atoms with Crippen LogP contribution in [-0.4, -0.2) is 30.8 Å². The molecule has 0 N–H and O–H groups in total. The van der Waals surface area contributed by atoms with Crippen molar-refractivity contribution >= 4 is 6.29 Å². The van der Waals surface area contributed by atoms with Gasteiger partial charge in [-0.25, -0.2) is 0 Å². The summed E-state index contributed by atoms with van der Waals surface area (Å²) in [5.41, 5.74) is 0.551. The molecule has 0 aromatic heterocycles. The molecule has 0 aromatic rings. The van der Waals surface area contributed by atoms with Crippen LogP contribution < -0.4 is 0 Å². The highest BCUT2D eigenvalue weighted by molar-refractivity contribution is 5.58. The van der Waals surface area contributed by atoms with Gasteiger partial charge in [-0.1, -0.05) is 33.1 Å². The number of hydrogen-bond acceptors (Lipinski definition) is 2. The number of nitrogens with zero attached hydrogens (tertiary/aromatic N) is 1. The van der Waals surface area contributed by atoms with Crippen LogP contribution in [0.2, 0.25) is 0 Å². The van der Waals surface area contributed by atoms with Crippen LogP contribution in [0.3, 0.4) is 0 Å². The molecule has 1 heterocycles. The molecule has 104 valence electrons. The van der Waals surface area contributed by atoms with Crippen LogP contribution in [0.15, 0.2) is 0 Å². The molecule has 1 aliphatic carbocycles. The van der Waals surface area contributed by atoms with E-state index in [4.69, 9.17) is 0 Å². The Kier molecular flexibility index (Phi) is 4.47. The third-order valence-corrected chi connectivity index (χ3v) is 5.51. The largest absolute Gasteiger partial charge is 0.303 e. The Balaban J connectivity index is 1.84. The van der Waals surface area contributed by atoms with Crippen molar-refractivity contribution in [3.8, 4) is 0 Å². The smallest absolute Gasteiger partial charge is 0.127 e. The maximum atomic E-state index is 11.2. The van der Waals surface area contributed by atoms with Crippen LogP contribution in [0.1, 0.15) is 65.2 Å². The van der Waals surface area contributed by atoms with Gasteiger partial charge in [-0.15, -0.1) is 0 Å². The molecule has 2 rings (SSSR count). The van der Waals surface area contributed by atoms with Crippen LogP contribution in [0, 0.1) is 10.8 Å². The van der Waals surface area contributed by atoms with Crippen molar-refractivity contribution in [2.75, 3.05) is 19.6 Å². The van der Waals surface area contributed by atoms with Crippen molar-refractivity contribution in [2.45, 2.75) is 65.2 Å². The summed E-state index contributed by atoms with van der Waals surface area (Å²) in [7, 11) is 0. The maximum absolute atomic E-state index is 11.2. The average Bonchev–Trinajstić information content (AvgIpc) is 2.43. The highest BCUT2D eigenvalue weighted by Gasteiger charge is 2.36. The van der Waals surface area contributed by atoms with Gasteiger partial charge in [0.05, 0.1) is 0 Å². The second-order valence-electron chi connectivity index (χ2n) is 6.96. The first-order valence-electron chi connectivity index (χ1n) is 7.80. The molecule has 1 aliphatic heterocycles. The molecular formula is C16H29NO. The summed E-state index contributed by atoms with van der Waals surface area (Å²) < 4.78 is 0. The molecular weight excluding hydrogens is 222 g/mol. The van der Waals surface area contributed by atoms with Gasteiger partial charge in [0.1, 0.15) is 6.29 Å². The van der Waals surface area contributed by atoms with Crippen LogP contribution >= 0.6 is 0 Å². The molecule has 2 nitrogen and oxygen atoms in total. The van der Waals surface area contributed by atoms with Gasteiger partial charge in [-0.3, -0.25) is 0 Å². The highest BCUT2D eigenvalue weighted by atomic mass is 16.1. The van der Waals surface area contributed by atoms with E-state index in [-0.39, 0.29) is 5.41 Å². The number of hydrogen-bond donors (Lipinski definition) is 0. The van der Waals surface area contributed by atoms with Crippen molar-refractivity contribution in [3.63, 3.8) is 0 Å². The minimum absolute atomic E-state index is 0.128. The van der Waals surface area contributed by atoms with E-state index in [0.717, 1.165) is 19.3 Å². The molecule has 1 spiro atoms. The van der Waals surface area contributed by atoms with Crippen LogP contribution in [0.25, 0.3) is 0 Å². The Morgan fingerprint density at radius 3 is 2.22 bits per heavy atom. The third-order valence-electron chi connectivity index (χ3n) is 5.51. The number of piperidine rings is 1. The minimum Gasteiger partial charge on any atom is -0.303 e. The first-order chi connectivity index (χ1) is 8.61. The normalized spacial score (nSPS) is 27.9. The molecule has 0 radical (unpaired) electrons. The second-order valence-corrected chi connectivity index (χ2v) is 6.96. The molecule has 1 saturated heterocycles. The first kappa shape index (κ1) is 14.0. The van der Waals surface area contributed by atoms with Gasteiger partial charge in [-0.05, 0) is 50.6 Å². The summed E-state index contributed by atoms with van der Waals surface area (Å²) >= 11 is 0. The monoisotopic (exact) mass is 251 g/mol. The molecule has 0 bridgehead atoms. The second kappa shape index (κ2) is 5.73. The van der Waals surface area contributed by atoms with E-state index in [1.54, 1.807) is 0 Å². The predicted octanol–water partition coefficient (Wildman–Crippen LogP) is 3.65. The van der Waals surface area contributed by atoms with Gasteiger partial charge in [-0.2, -0.15) is 0 Å². The van der Waals surface area contributed by atoms with E-state index in [1.807, 2.05) is 0 Å². The summed E-state index contributed by atoms with van der Waals surface area (Å²) in [6.07, 6.45) is 12.1. The van der Waals surface area contributed by atoms with Crippen LogP contribution in [0.4, 0.5) is 0 Å². The fourth-order valence-electron chi connectivity index (χ4n) is 3.73. The van der Waals surface area contributed by atoms with Gasteiger partial charge in [0.2, 0.25) is 0 Å². The van der Waals surface area contributed by atoms with Crippen LogP contribution in [0.5, 0.6) is 0 Å². The summed E-state index contributed by atoms with van der Waals surface area (Å²) in [4.78, 5) is 13.7. The molecule has 0 aromatic carbocycles. The van der Waals surface area contributed by atoms with Crippen molar-refractivity contribution in [1.82, 2.24) is 4.90 Å². The Hall–Kier alpha value is -0.370. The SMILES string of the molecule is CCC(C)(C=O)CN1CCC2(CCCCC2)CC1. The fraction of sp³-hybridized carbons (Fsp3) is 0.938. The van der Waals surface area contributed by atoms with E-state index in [9.17, 15) is 4.79 Å².